The van der Waals surface area contributed by atoms with Crippen LogP contribution in [0, 0.1) is 19.8 Å². The van der Waals surface area contributed by atoms with Gasteiger partial charge in [0.15, 0.2) is 0 Å². The van der Waals surface area contributed by atoms with Gasteiger partial charge in [-0.05, 0) is 37.5 Å². The fraction of sp³-hybridized carbons (Fsp3) is 0.353. The molecule has 1 aliphatic rings. The lowest BCUT2D eigenvalue weighted by atomic mass is 9.84. The summed E-state index contributed by atoms with van der Waals surface area (Å²) in [6.45, 7) is 13.0. The fourth-order valence-corrected chi connectivity index (χ4v) is 2.81. The van der Waals surface area contributed by atoms with Crippen molar-refractivity contribution < 1.29 is 0 Å². The monoisotopic (exact) mass is 252 g/mol. The van der Waals surface area contributed by atoms with Crippen molar-refractivity contribution in [2.45, 2.75) is 33.7 Å². The molecule has 0 fully saturated rings. The molecule has 2 nitrogen and oxygen atoms in total. The predicted molar refractivity (Wildman–Crippen MR) is 82.5 cm³/mol. The van der Waals surface area contributed by atoms with Crippen LogP contribution in [0.5, 0.6) is 0 Å². The first-order valence-electron chi connectivity index (χ1n) is 6.85. The Labute approximate surface area is 114 Å². The van der Waals surface area contributed by atoms with E-state index in [0.29, 0.717) is 12.0 Å². The van der Waals surface area contributed by atoms with Crippen LogP contribution in [-0.2, 0) is 0 Å². The highest BCUT2D eigenvalue weighted by molar-refractivity contribution is 6.00. The third-order valence-corrected chi connectivity index (χ3v) is 4.58. The first-order chi connectivity index (χ1) is 9.00. The highest BCUT2D eigenvalue weighted by Gasteiger charge is 2.26. The second kappa shape index (κ2) is 4.09. The molecular formula is C17H20N2. The van der Waals surface area contributed by atoms with Crippen LogP contribution in [-0.4, -0.2) is 11.0 Å². The molecule has 2 unspecified atom stereocenters. The van der Waals surface area contributed by atoms with Crippen molar-refractivity contribution in [2.24, 2.45) is 5.92 Å². The lowest BCUT2D eigenvalue weighted by molar-refractivity contribution is 0.624. The number of hydrogen-bond donors (Lipinski definition) is 1. The van der Waals surface area contributed by atoms with Gasteiger partial charge < -0.3 is 5.32 Å². The topological polar surface area (TPSA) is 24.9 Å². The smallest absolute Gasteiger partial charge is 0.0942 e. The van der Waals surface area contributed by atoms with Crippen LogP contribution in [0.3, 0.4) is 0 Å². The average molecular weight is 252 g/mol. The van der Waals surface area contributed by atoms with E-state index in [9.17, 15) is 0 Å². The van der Waals surface area contributed by atoms with Gasteiger partial charge in [-0.3, -0.25) is 4.98 Å². The average Bonchev–Trinajstić information content (AvgIpc) is 2.40. The molecule has 0 bridgehead atoms. The molecule has 0 saturated carbocycles. The van der Waals surface area contributed by atoms with Gasteiger partial charge in [0, 0.05) is 29.1 Å². The molecule has 98 valence electrons. The van der Waals surface area contributed by atoms with Gasteiger partial charge in [-0.1, -0.05) is 25.6 Å². The number of benzene rings is 1. The summed E-state index contributed by atoms with van der Waals surface area (Å²) in [6.07, 6.45) is 1.96. The van der Waals surface area contributed by atoms with E-state index < -0.39 is 0 Å². The van der Waals surface area contributed by atoms with Gasteiger partial charge in [-0.2, -0.15) is 0 Å². The number of anilines is 1. The van der Waals surface area contributed by atoms with Crippen molar-refractivity contribution >= 4 is 22.2 Å². The molecule has 2 heteroatoms. The summed E-state index contributed by atoms with van der Waals surface area (Å²) >= 11 is 0. The summed E-state index contributed by atoms with van der Waals surface area (Å²) in [4.78, 5) is 4.65. The zero-order valence-corrected chi connectivity index (χ0v) is 12.0. The Morgan fingerprint density at radius 3 is 2.68 bits per heavy atom. The minimum Gasteiger partial charge on any atom is -0.380 e. The maximum Gasteiger partial charge on any atom is 0.0942 e. The second-order valence-electron chi connectivity index (χ2n) is 5.70. The van der Waals surface area contributed by atoms with Crippen LogP contribution in [0.25, 0.3) is 16.5 Å². The van der Waals surface area contributed by atoms with E-state index in [2.05, 4.69) is 56.7 Å². The molecule has 0 saturated heterocycles. The van der Waals surface area contributed by atoms with E-state index in [1.165, 1.54) is 27.6 Å². The largest absolute Gasteiger partial charge is 0.380 e. The van der Waals surface area contributed by atoms with Crippen molar-refractivity contribution in [3.8, 4) is 0 Å². The van der Waals surface area contributed by atoms with E-state index in [1.807, 2.05) is 6.20 Å². The molecule has 1 N–H and O–H groups in total. The highest BCUT2D eigenvalue weighted by atomic mass is 15.0. The first-order valence-corrected chi connectivity index (χ1v) is 6.85. The van der Waals surface area contributed by atoms with Gasteiger partial charge in [0.2, 0.25) is 0 Å². The Balaban J connectivity index is 2.34. The minimum atomic E-state index is 0.397. The van der Waals surface area contributed by atoms with Crippen LogP contribution in [0.4, 0.5) is 5.69 Å². The van der Waals surface area contributed by atoms with E-state index >= 15 is 0 Å². The molecule has 1 aromatic carbocycles. The van der Waals surface area contributed by atoms with Crippen LogP contribution >= 0.6 is 0 Å². The van der Waals surface area contributed by atoms with Gasteiger partial charge in [-0.15, -0.1) is 0 Å². The van der Waals surface area contributed by atoms with Crippen molar-refractivity contribution in [3.63, 3.8) is 0 Å². The quantitative estimate of drug-likeness (QED) is 0.755. The minimum absolute atomic E-state index is 0.397. The summed E-state index contributed by atoms with van der Waals surface area (Å²) < 4.78 is 0. The Morgan fingerprint density at radius 2 is 1.95 bits per heavy atom. The van der Waals surface area contributed by atoms with Crippen molar-refractivity contribution in [3.05, 3.63) is 41.6 Å². The molecular weight excluding hydrogens is 232 g/mol. The third kappa shape index (κ3) is 1.66. The number of nitrogens with zero attached hydrogens (tertiary/aromatic N) is 1. The van der Waals surface area contributed by atoms with E-state index in [1.54, 1.807) is 0 Å². The van der Waals surface area contributed by atoms with Crippen LogP contribution in [0.15, 0.2) is 24.9 Å². The SMILES string of the molecule is C=C1c2ccc3c(C)c(C)cnc3c2NC(C)C1C. The zero-order chi connectivity index (χ0) is 13.7. The molecule has 0 spiro atoms. The van der Waals surface area contributed by atoms with Crippen molar-refractivity contribution in [1.82, 2.24) is 4.98 Å². The maximum atomic E-state index is 4.65. The lowest BCUT2D eigenvalue weighted by Gasteiger charge is -2.32. The number of rotatable bonds is 0. The van der Waals surface area contributed by atoms with E-state index in [0.717, 1.165) is 11.2 Å². The number of hydrogen-bond acceptors (Lipinski definition) is 2. The molecule has 1 aromatic heterocycles. The number of fused-ring (bicyclic) bond motifs is 3. The summed E-state index contributed by atoms with van der Waals surface area (Å²) in [5.41, 5.74) is 7.20. The molecule has 2 heterocycles. The first kappa shape index (κ1) is 12.2. The lowest BCUT2D eigenvalue weighted by Crippen LogP contribution is -2.29. The number of aromatic nitrogens is 1. The summed E-state index contributed by atoms with van der Waals surface area (Å²) in [6, 6.07) is 4.76. The van der Waals surface area contributed by atoms with Gasteiger partial charge in [0.25, 0.3) is 0 Å². The van der Waals surface area contributed by atoms with Crippen molar-refractivity contribution in [1.29, 1.82) is 0 Å². The zero-order valence-electron chi connectivity index (χ0n) is 12.0. The van der Waals surface area contributed by atoms with Gasteiger partial charge in [-0.25, -0.2) is 0 Å². The highest BCUT2D eigenvalue weighted by Crippen LogP contribution is 2.40. The number of pyridine rings is 1. The van der Waals surface area contributed by atoms with Crippen LogP contribution < -0.4 is 5.32 Å². The van der Waals surface area contributed by atoms with Crippen LogP contribution in [0.2, 0.25) is 0 Å². The summed E-state index contributed by atoms with van der Waals surface area (Å²) in [7, 11) is 0. The molecule has 2 atom stereocenters. The molecule has 0 radical (unpaired) electrons. The maximum absolute atomic E-state index is 4.65. The van der Waals surface area contributed by atoms with Crippen LogP contribution in [0.1, 0.15) is 30.5 Å². The Morgan fingerprint density at radius 1 is 1.21 bits per heavy atom. The molecule has 3 rings (SSSR count). The van der Waals surface area contributed by atoms with E-state index in [-0.39, 0.29) is 0 Å². The third-order valence-electron chi connectivity index (χ3n) is 4.58. The van der Waals surface area contributed by atoms with Crippen molar-refractivity contribution in [2.75, 3.05) is 5.32 Å². The van der Waals surface area contributed by atoms with Gasteiger partial charge in [0.1, 0.15) is 0 Å². The Bertz CT molecular complexity index is 685. The molecule has 19 heavy (non-hydrogen) atoms. The Kier molecular flexibility index (Phi) is 2.63. The van der Waals surface area contributed by atoms with Gasteiger partial charge in [0.05, 0.1) is 11.2 Å². The molecule has 0 aliphatic carbocycles. The number of aryl methyl sites for hydroxylation is 2. The summed E-state index contributed by atoms with van der Waals surface area (Å²) in [5, 5.41) is 4.84. The predicted octanol–water partition coefficient (Wildman–Crippen LogP) is 4.31. The van der Waals surface area contributed by atoms with Gasteiger partial charge >= 0.3 is 0 Å². The second-order valence-corrected chi connectivity index (χ2v) is 5.70. The number of nitrogens with one attached hydrogen (secondary N) is 1. The molecule has 0 amide bonds. The fourth-order valence-electron chi connectivity index (χ4n) is 2.81. The Hall–Kier alpha value is -1.83. The standard InChI is InChI=1S/C17H20N2/c1-9-8-18-16-14(10(9)2)6-7-15-12(4)11(3)13(5)19-17(15)16/h6-8,11,13,19H,4H2,1-3,5H3. The molecule has 2 aromatic rings. The molecule has 1 aliphatic heterocycles. The summed E-state index contributed by atoms with van der Waals surface area (Å²) in [5.74, 6) is 0.455. The van der Waals surface area contributed by atoms with E-state index in [4.69, 9.17) is 0 Å². The normalized spacial score (nSPS) is 22.2.